The zero-order valence-corrected chi connectivity index (χ0v) is 12.8. The molecule has 0 aliphatic carbocycles. The van der Waals surface area contributed by atoms with Crippen molar-refractivity contribution in [2.75, 3.05) is 5.32 Å². The van der Waals surface area contributed by atoms with Crippen molar-refractivity contribution in [3.05, 3.63) is 50.6 Å². The number of anilines is 1. The van der Waals surface area contributed by atoms with Gasteiger partial charge in [0.1, 0.15) is 0 Å². The first kappa shape index (κ1) is 14.7. The van der Waals surface area contributed by atoms with E-state index in [2.05, 4.69) is 21.2 Å². The number of carbonyl (C=O) groups excluding carboxylic acids is 1. The van der Waals surface area contributed by atoms with Crippen molar-refractivity contribution >= 4 is 44.8 Å². The van der Waals surface area contributed by atoms with Gasteiger partial charge in [-0.1, -0.05) is 12.1 Å². The Bertz CT molecular complexity index is 639. The molecule has 6 heteroatoms. The van der Waals surface area contributed by atoms with E-state index in [9.17, 15) is 9.59 Å². The Morgan fingerprint density at radius 3 is 2.70 bits per heavy atom. The van der Waals surface area contributed by atoms with Gasteiger partial charge < -0.3 is 10.4 Å². The number of thiophene rings is 1. The zero-order chi connectivity index (χ0) is 14.5. The van der Waals surface area contributed by atoms with E-state index in [1.807, 2.05) is 12.1 Å². The molecule has 0 fully saturated rings. The Kier molecular flexibility index (Phi) is 4.92. The number of carboxylic acid groups (broad SMARTS) is 1. The number of hydrogen-bond donors (Lipinski definition) is 2. The van der Waals surface area contributed by atoms with Gasteiger partial charge >= 0.3 is 5.97 Å². The Hall–Kier alpha value is -1.66. The third-order valence-corrected chi connectivity index (χ3v) is 4.23. The Morgan fingerprint density at radius 1 is 1.25 bits per heavy atom. The molecule has 1 heterocycles. The van der Waals surface area contributed by atoms with Crippen molar-refractivity contribution in [3.8, 4) is 0 Å². The van der Waals surface area contributed by atoms with Gasteiger partial charge in [0.2, 0.25) is 0 Å². The van der Waals surface area contributed by atoms with E-state index in [1.165, 1.54) is 11.3 Å². The molecule has 0 radical (unpaired) electrons. The summed E-state index contributed by atoms with van der Waals surface area (Å²) in [6, 6.07) is 10.8. The van der Waals surface area contributed by atoms with Gasteiger partial charge in [-0.3, -0.25) is 9.59 Å². The van der Waals surface area contributed by atoms with Gasteiger partial charge in [0.15, 0.2) is 0 Å². The summed E-state index contributed by atoms with van der Waals surface area (Å²) in [6.07, 6.45) is 0.527. The summed E-state index contributed by atoms with van der Waals surface area (Å²) in [6.45, 7) is 0. The van der Waals surface area contributed by atoms with Gasteiger partial charge in [0.25, 0.3) is 5.91 Å². The van der Waals surface area contributed by atoms with Crippen LogP contribution >= 0.6 is 27.3 Å². The second-order valence-electron chi connectivity index (χ2n) is 4.15. The number of amides is 1. The second kappa shape index (κ2) is 6.67. The molecule has 20 heavy (non-hydrogen) atoms. The summed E-state index contributed by atoms with van der Waals surface area (Å²) in [7, 11) is 0. The lowest BCUT2D eigenvalue weighted by Gasteiger charge is -2.06. The Morgan fingerprint density at radius 2 is 2.05 bits per heavy atom. The smallest absolute Gasteiger partial charge is 0.303 e. The third-order valence-electron chi connectivity index (χ3n) is 2.61. The molecule has 1 amide bonds. The minimum absolute atomic E-state index is 0.0786. The van der Waals surface area contributed by atoms with E-state index < -0.39 is 5.97 Å². The number of carboxylic acids is 1. The van der Waals surface area contributed by atoms with Crippen molar-refractivity contribution in [2.24, 2.45) is 0 Å². The highest BCUT2D eigenvalue weighted by Gasteiger charge is 2.09. The summed E-state index contributed by atoms with van der Waals surface area (Å²) in [5.74, 6) is -1.00. The van der Waals surface area contributed by atoms with Crippen LogP contribution in [0.2, 0.25) is 0 Å². The van der Waals surface area contributed by atoms with Gasteiger partial charge in [-0.15, -0.1) is 11.3 Å². The summed E-state index contributed by atoms with van der Waals surface area (Å²) in [5, 5.41) is 11.5. The standard InChI is InChI=1S/C14H12BrNO3S/c15-12-6-5-11(20-12)14(19)16-10-3-1-2-9(8-10)4-7-13(17)18/h1-3,5-6,8H,4,7H2,(H,16,19)(H,17,18). The first-order chi connectivity index (χ1) is 9.54. The highest BCUT2D eigenvalue weighted by atomic mass is 79.9. The highest BCUT2D eigenvalue weighted by molar-refractivity contribution is 9.11. The number of benzene rings is 1. The van der Waals surface area contributed by atoms with Crippen LogP contribution in [0.25, 0.3) is 0 Å². The number of carbonyl (C=O) groups is 2. The van der Waals surface area contributed by atoms with Crippen LogP contribution in [-0.4, -0.2) is 17.0 Å². The molecule has 0 spiro atoms. The molecule has 0 unspecified atom stereocenters. The highest BCUT2D eigenvalue weighted by Crippen LogP contribution is 2.23. The number of rotatable bonds is 5. The van der Waals surface area contributed by atoms with Gasteiger partial charge in [0.05, 0.1) is 8.66 Å². The van der Waals surface area contributed by atoms with Crippen LogP contribution in [0.1, 0.15) is 21.7 Å². The summed E-state index contributed by atoms with van der Waals surface area (Å²) in [5.41, 5.74) is 1.56. The van der Waals surface area contributed by atoms with Crippen LogP contribution in [0.4, 0.5) is 5.69 Å². The first-order valence-corrected chi connectivity index (χ1v) is 7.53. The topological polar surface area (TPSA) is 66.4 Å². The van der Waals surface area contributed by atoms with E-state index in [0.29, 0.717) is 17.0 Å². The van der Waals surface area contributed by atoms with Gasteiger partial charge in [-0.2, -0.15) is 0 Å². The number of hydrogen-bond acceptors (Lipinski definition) is 3. The van der Waals surface area contributed by atoms with E-state index in [1.54, 1.807) is 24.3 Å². The van der Waals surface area contributed by atoms with E-state index in [-0.39, 0.29) is 12.3 Å². The molecule has 0 saturated heterocycles. The van der Waals surface area contributed by atoms with Crippen molar-refractivity contribution < 1.29 is 14.7 Å². The van der Waals surface area contributed by atoms with E-state index in [4.69, 9.17) is 5.11 Å². The minimum Gasteiger partial charge on any atom is -0.481 e. The van der Waals surface area contributed by atoms with Crippen LogP contribution < -0.4 is 5.32 Å². The molecule has 4 nitrogen and oxygen atoms in total. The quantitative estimate of drug-likeness (QED) is 0.859. The first-order valence-electron chi connectivity index (χ1n) is 5.92. The summed E-state index contributed by atoms with van der Waals surface area (Å²) >= 11 is 4.67. The molecule has 1 aromatic heterocycles. The molecule has 2 N–H and O–H groups in total. The molecule has 0 atom stereocenters. The van der Waals surface area contributed by atoms with Crippen LogP contribution in [0.5, 0.6) is 0 Å². The predicted molar refractivity (Wildman–Crippen MR) is 82.4 cm³/mol. The maximum Gasteiger partial charge on any atom is 0.303 e. The maximum atomic E-state index is 12.0. The Labute approximate surface area is 128 Å². The fourth-order valence-electron chi connectivity index (χ4n) is 1.68. The predicted octanol–water partition coefficient (Wildman–Crippen LogP) is 3.78. The third kappa shape index (κ3) is 4.18. The monoisotopic (exact) mass is 353 g/mol. The summed E-state index contributed by atoms with van der Waals surface area (Å²) in [4.78, 5) is 23.2. The lowest BCUT2D eigenvalue weighted by Crippen LogP contribution is -2.10. The van der Waals surface area contributed by atoms with E-state index >= 15 is 0 Å². The van der Waals surface area contributed by atoms with Crippen LogP contribution in [0, 0.1) is 0 Å². The number of halogens is 1. The van der Waals surface area contributed by atoms with Crippen LogP contribution in [0.15, 0.2) is 40.2 Å². The fourth-order valence-corrected chi connectivity index (χ4v) is 2.97. The molecule has 2 aromatic rings. The minimum atomic E-state index is -0.831. The summed E-state index contributed by atoms with van der Waals surface area (Å²) < 4.78 is 0.901. The largest absolute Gasteiger partial charge is 0.481 e. The fraction of sp³-hybridized carbons (Fsp3) is 0.143. The number of aryl methyl sites for hydroxylation is 1. The lowest BCUT2D eigenvalue weighted by atomic mass is 10.1. The second-order valence-corrected chi connectivity index (χ2v) is 6.62. The molecule has 0 aliphatic heterocycles. The molecular weight excluding hydrogens is 342 g/mol. The van der Waals surface area contributed by atoms with Crippen LogP contribution in [0.3, 0.4) is 0 Å². The van der Waals surface area contributed by atoms with Gasteiger partial charge in [-0.25, -0.2) is 0 Å². The maximum absolute atomic E-state index is 12.0. The van der Waals surface area contributed by atoms with Crippen molar-refractivity contribution in [3.63, 3.8) is 0 Å². The molecule has 0 aliphatic rings. The average molecular weight is 354 g/mol. The average Bonchev–Trinajstić information content (AvgIpc) is 2.84. The van der Waals surface area contributed by atoms with Gasteiger partial charge in [-0.05, 0) is 52.2 Å². The van der Waals surface area contributed by atoms with Gasteiger partial charge in [0, 0.05) is 12.1 Å². The van der Waals surface area contributed by atoms with Crippen LogP contribution in [-0.2, 0) is 11.2 Å². The SMILES string of the molecule is O=C(O)CCc1cccc(NC(=O)c2ccc(Br)s2)c1. The molecule has 104 valence electrons. The van der Waals surface area contributed by atoms with E-state index in [0.717, 1.165) is 9.35 Å². The molecular formula is C14H12BrNO3S. The molecule has 0 bridgehead atoms. The van der Waals surface area contributed by atoms with Crippen molar-refractivity contribution in [1.82, 2.24) is 0 Å². The normalized spacial score (nSPS) is 10.2. The van der Waals surface area contributed by atoms with Crippen molar-refractivity contribution in [2.45, 2.75) is 12.8 Å². The molecule has 0 saturated carbocycles. The van der Waals surface area contributed by atoms with Crippen molar-refractivity contribution in [1.29, 1.82) is 0 Å². The number of aliphatic carboxylic acids is 1. The molecule has 1 aromatic carbocycles. The number of nitrogens with one attached hydrogen (secondary N) is 1. The molecule has 2 rings (SSSR count). The zero-order valence-electron chi connectivity index (χ0n) is 10.4. The lowest BCUT2D eigenvalue weighted by molar-refractivity contribution is -0.136. The Balaban J connectivity index is 2.04.